The number of halogens is 2. The minimum atomic E-state index is -2.58. The molecule has 17 heavy (non-hydrogen) atoms. The molecule has 0 atom stereocenters. The zero-order valence-electron chi connectivity index (χ0n) is 9.26. The molecular weight excluding hydrogens is 230 g/mol. The Morgan fingerprint density at radius 3 is 2.53 bits per heavy atom. The third-order valence-corrected chi connectivity index (χ3v) is 2.53. The van der Waals surface area contributed by atoms with E-state index in [1.807, 2.05) is 0 Å². The number of aryl methyl sites for hydroxylation is 1. The van der Waals surface area contributed by atoms with Gasteiger partial charge in [0.25, 0.3) is 6.43 Å². The first kappa shape index (κ1) is 11.4. The smallest absolute Gasteiger partial charge is 0.244 e. The van der Waals surface area contributed by atoms with E-state index in [1.165, 1.54) is 26.1 Å². The van der Waals surface area contributed by atoms with Crippen molar-refractivity contribution in [1.29, 1.82) is 0 Å². The van der Waals surface area contributed by atoms with Crippen molar-refractivity contribution in [1.82, 2.24) is 19.8 Å². The van der Waals surface area contributed by atoms with Crippen LogP contribution in [0.4, 0.5) is 8.78 Å². The van der Waals surface area contributed by atoms with E-state index in [2.05, 4.69) is 10.4 Å². The van der Waals surface area contributed by atoms with Gasteiger partial charge in [0.2, 0.25) is 0 Å². The Bertz CT molecular complexity index is 603. The highest BCUT2D eigenvalue weighted by Gasteiger charge is 2.16. The van der Waals surface area contributed by atoms with Gasteiger partial charge in [0.05, 0.1) is 5.69 Å². The topological polar surface area (TPSA) is 52.7 Å². The number of rotatable bonds is 2. The summed E-state index contributed by atoms with van der Waals surface area (Å²) in [4.78, 5) is 11.6. The maximum Gasteiger partial charge on any atom is 0.368 e. The predicted octanol–water partition coefficient (Wildman–Crippen LogP) is 1.21. The summed E-state index contributed by atoms with van der Waals surface area (Å²) >= 11 is 0. The normalized spacial score (nSPS) is 11.1. The molecule has 90 valence electrons. The van der Waals surface area contributed by atoms with Gasteiger partial charge in [-0.05, 0) is 29.0 Å². The molecular formula is C10H10F2N4O. The number of hydrogen-bond acceptors (Lipinski definition) is 3. The lowest BCUT2D eigenvalue weighted by Crippen LogP contribution is -2.22. The number of nitrogens with zero attached hydrogens (tertiary/aromatic N) is 4. The van der Waals surface area contributed by atoms with Crippen molar-refractivity contribution in [3.05, 3.63) is 39.8 Å². The number of alkyl halides is 2. The van der Waals surface area contributed by atoms with Crippen molar-refractivity contribution in [2.45, 2.75) is 13.3 Å². The van der Waals surface area contributed by atoms with Crippen LogP contribution >= 0.6 is 0 Å². The van der Waals surface area contributed by atoms with Crippen molar-refractivity contribution in [2.24, 2.45) is 7.05 Å². The highest BCUT2D eigenvalue weighted by Crippen LogP contribution is 2.25. The zero-order chi connectivity index (χ0) is 12.6. The van der Waals surface area contributed by atoms with Crippen molar-refractivity contribution >= 4 is 0 Å². The number of tetrazole rings is 1. The molecule has 1 heterocycles. The van der Waals surface area contributed by atoms with Gasteiger partial charge in [0, 0.05) is 12.6 Å². The van der Waals surface area contributed by atoms with Gasteiger partial charge in [0.1, 0.15) is 0 Å². The quantitative estimate of drug-likeness (QED) is 0.792. The summed E-state index contributed by atoms with van der Waals surface area (Å²) in [6.07, 6.45) is -2.58. The molecule has 0 aliphatic carbocycles. The summed E-state index contributed by atoms with van der Waals surface area (Å²) in [6, 6.07) is 4.34. The van der Waals surface area contributed by atoms with Gasteiger partial charge < -0.3 is 0 Å². The number of aromatic nitrogens is 4. The van der Waals surface area contributed by atoms with Gasteiger partial charge in [-0.2, -0.15) is 9.36 Å². The second-order valence-electron chi connectivity index (χ2n) is 3.59. The van der Waals surface area contributed by atoms with Crippen LogP contribution in [0.5, 0.6) is 0 Å². The SMILES string of the molecule is Cc1c(C(F)F)cccc1-n1nnn(C)c1=O. The summed E-state index contributed by atoms with van der Waals surface area (Å²) in [5.74, 6) is 0. The molecule has 0 aliphatic rings. The third kappa shape index (κ3) is 1.83. The van der Waals surface area contributed by atoms with E-state index in [9.17, 15) is 13.6 Å². The standard InChI is InChI=1S/C10H10F2N4O/c1-6-7(9(11)12)4-3-5-8(6)16-10(17)15(2)13-14-16/h3-5,9H,1-2H3. The lowest BCUT2D eigenvalue weighted by molar-refractivity contribution is 0.150. The van der Waals surface area contributed by atoms with Crippen LogP contribution in [0.25, 0.3) is 5.69 Å². The van der Waals surface area contributed by atoms with Crippen LogP contribution < -0.4 is 5.69 Å². The van der Waals surface area contributed by atoms with Crippen LogP contribution in [0.1, 0.15) is 17.6 Å². The van der Waals surface area contributed by atoms with Gasteiger partial charge in [-0.25, -0.2) is 13.6 Å². The van der Waals surface area contributed by atoms with E-state index in [0.717, 1.165) is 9.36 Å². The van der Waals surface area contributed by atoms with Crippen LogP contribution in [-0.4, -0.2) is 19.8 Å². The second-order valence-corrected chi connectivity index (χ2v) is 3.59. The molecule has 1 aromatic heterocycles. The first-order chi connectivity index (χ1) is 8.02. The average molecular weight is 240 g/mol. The maximum atomic E-state index is 12.7. The molecule has 0 saturated heterocycles. The number of benzene rings is 1. The van der Waals surface area contributed by atoms with Crippen LogP contribution in [-0.2, 0) is 7.05 Å². The fraction of sp³-hybridized carbons (Fsp3) is 0.300. The van der Waals surface area contributed by atoms with Crippen LogP contribution in [0.15, 0.2) is 23.0 Å². The second kappa shape index (κ2) is 4.08. The average Bonchev–Trinajstić information content (AvgIpc) is 2.60. The summed E-state index contributed by atoms with van der Waals surface area (Å²) in [5.41, 5.74) is 0.0607. The van der Waals surface area contributed by atoms with Gasteiger partial charge >= 0.3 is 5.69 Å². The molecule has 0 aliphatic heterocycles. The Balaban J connectivity index is 2.65. The summed E-state index contributed by atoms with van der Waals surface area (Å²) < 4.78 is 27.4. The lowest BCUT2D eigenvalue weighted by Gasteiger charge is -2.08. The Morgan fingerprint density at radius 1 is 1.29 bits per heavy atom. The Morgan fingerprint density at radius 2 is 2.00 bits per heavy atom. The van der Waals surface area contributed by atoms with E-state index in [4.69, 9.17) is 0 Å². The van der Waals surface area contributed by atoms with E-state index >= 15 is 0 Å². The minimum absolute atomic E-state index is 0.111. The largest absolute Gasteiger partial charge is 0.368 e. The first-order valence-corrected chi connectivity index (χ1v) is 4.89. The molecule has 0 spiro atoms. The lowest BCUT2D eigenvalue weighted by atomic mass is 10.1. The van der Waals surface area contributed by atoms with Crippen molar-refractivity contribution in [3.63, 3.8) is 0 Å². The van der Waals surface area contributed by atoms with E-state index in [-0.39, 0.29) is 5.56 Å². The summed E-state index contributed by atoms with van der Waals surface area (Å²) in [6.45, 7) is 1.53. The molecule has 0 bridgehead atoms. The van der Waals surface area contributed by atoms with Gasteiger partial charge in [-0.3, -0.25) is 0 Å². The van der Waals surface area contributed by atoms with E-state index in [0.29, 0.717) is 11.3 Å². The van der Waals surface area contributed by atoms with Crippen LogP contribution in [0.2, 0.25) is 0 Å². The molecule has 0 N–H and O–H groups in total. The predicted molar refractivity (Wildman–Crippen MR) is 56.3 cm³/mol. The highest BCUT2D eigenvalue weighted by atomic mass is 19.3. The Labute approximate surface area is 95.3 Å². The molecule has 2 rings (SSSR count). The van der Waals surface area contributed by atoms with Crippen molar-refractivity contribution < 1.29 is 8.78 Å². The molecule has 0 amide bonds. The highest BCUT2D eigenvalue weighted by molar-refractivity contribution is 5.44. The third-order valence-electron chi connectivity index (χ3n) is 2.53. The Hall–Kier alpha value is -2.05. The molecule has 0 unspecified atom stereocenters. The van der Waals surface area contributed by atoms with Crippen LogP contribution in [0.3, 0.4) is 0 Å². The Kier molecular flexibility index (Phi) is 2.74. The van der Waals surface area contributed by atoms with Crippen LogP contribution in [0, 0.1) is 6.92 Å². The molecule has 1 aromatic carbocycles. The van der Waals surface area contributed by atoms with E-state index < -0.39 is 12.1 Å². The molecule has 0 fully saturated rings. The summed E-state index contributed by atoms with van der Waals surface area (Å²) in [7, 11) is 1.44. The first-order valence-electron chi connectivity index (χ1n) is 4.89. The molecule has 0 saturated carbocycles. The van der Waals surface area contributed by atoms with Gasteiger partial charge in [-0.1, -0.05) is 12.1 Å². The summed E-state index contributed by atoms with van der Waals surface area (Å²) in [5, 5.41) is 7.16. The van der Waals surface area contributed by atoms with Gasteiger partial charge in [-0.15, -0.1) is 0 Å². The molecule has 2 aromatic rings. The fourth-order valence-corrected chi connectivity index (χ4v) is 1.57. The molecule has 7 heteroatoms. The number of hydrogen-bond donors (Lipinski definition) is 0. The molecule has 5 nitrogen and oxygen atoms in total. The monoisotopic (exact) mass is 240 g/mol. The fourth-order valence-electron chi connectivity index (χ4n) is 1.57. The van der Waals surface area contributed by atoms with Crippen molar-refractivity contribution in [3.8, 4) is 5.69 Å². The van der Waals surface area contributed by atoms with E-state index in [1.54, 1.807) is 6.07 Å². The maximum absolute atomic E-state index is 12.7. The zero-order valence-corrected chi connectivity index (χ0v) is 9.26. The van der Waals surface area contributed by atoms with Crippen molar-refractivity contribution in [2.75, 3.05) is 0 Å². The molecule has 0 radical (unpaired) electrons. The van der Waals surface area contributed by atoms with Gasteiger partial charge in [0.15, 0.2) is 0 Å². The minimum Gasteiger partial charge on any atom is -0.244 e.